The van der Waals surface area contributed by atoms with Crippen LogP contribution in [-0.4, -0.2) is 16.8 Å². The van der Waals surface area contributed by atoms with E-state index in [1.165, 1.54) is 6.20 Å². The van der Waals surface area contributed by atoms with E-state index in [1.807, 2.05) is 6.92 Å². The minimum atomic E-state index is -0.579. The molecule has 0 aliphatic carbocycles. The lowest BCUT2D eigenvalue weighted by Gasteiger charge is -2.09. The molecule has 96 valence electrons. The largest absolute Gasteiger partial charge is 0.366 e. The maximum Gasteiger partial charge on any atom is 0.257 e. The number of pyridine rings is 1. The van der Waals surface area contributed by atoms with Crippen LogP contribution in [0.15, 0.2) is 42.7 Å². The van der Waals surface area contributed by atoms with Crippen LogP contribution in [0, 0.1) is 6.92 Å². The molecule has 5 heteroatoms. The second-order valence-corrected chi connectivity index (χ2v) is 4.11. The molecule has 1 aromatic heterocycles. The summed E-state index contributed by atoms with van der Waals surface area (Å²) in [5, 5.41) is 2.66. The molecule has 1 aromatic carbocycles. The zero-order valence-electron chi connectivity index (χ0n) is 10.4. The topological polar surface area (TPSA) is 85.1 Å². The van der Waals surface area contributed by atoms with Gasteiger partial charge >= 0.3 is 0 Å². The van der Waals surface area contributed by atoms with Crippen molar-refractivity contribution in [3.63, 3.8) is 0 Å². The molecule has 0 spiro atoms. The van der Waals surface area contributed by atoms with E-state index in [9.17, 15) is 9.59 Å². The van der Waals surface area contributed by atoms with E-state index in [1.54, 1.807) is 36.5 Å². The average Bonchev–Trinajstić information content (AvgIpc) is 2.41. The van der Waals surface area contributed by atoms with E-state index >= 15 is 0 Å². The number of carbonyl (C=O) groups is 2. The van der Waals surface area contributed by atoms with Gasteiger partial charge in [-0.15, -0.1) is 0 Å². The summed E-state index contributed by atoms with van der Waals surface area (Å²) >= 11 is 0. The summed E-state index contributed by atoms with van der Waals surface area (Å²) in [5.41, 5.74) is 7.29. The van der Waals surface area contributed by atoms with Crippen LogP contribution < -0.4 is 11.1 Å². The van der Waals surface area contributed by atoms with Crippen molar-refractivity contribution in [1.82, 2.24) is 4.98 Å². The number of hydrogen-bond donors (Lipinski definition) is 2. The number of anilines is 1. The number of carbonyl (C=O) groups excluding carboxylic acids is 2. The highest BCUT2D eigenvalue weighted by molar-refractivity contribution is 6.08. The van der Waals surface area contributed by atoms with Gasteiger partial charge in [0.25, 0.3) is 11.8 Å². The van der Waals surface area contributed by atoms with Gasteiger partial charge in [0.15, 0.2) is 0 Å². The first-order valence-electron chi connectivity index (χ1n) is 5.70. The van der Waals surface area contributed by atoms with Gasteiger partial charge in [-0.1, -0.05) is 11.6 Å². The number of amides is 2. The van der Waals surface area contributed by atoms with Crippen molar-refractivity contribution in [2.45, 2.75) is 6.92 Å². The van der Waals surface area contributed by atoms with Crippen LogP contribution in [0.25, 0.3) is 0 Å². The molecule has 0 saturated carbocycles. The molecule has 2 aromatic rings. The highest BCUT2D eigenvalue weighted by atomic mass is 16.2. The number of rotatable bonds is 3. The summed E-state index contributed by atoms with van der Waals surface area (Å²) in [6.07, 6.45) is 3.03. The van der Waals surface area contributed by atoms with Crippen LogP contribution in [0.2, 0.25) is 0 Å². The van der Waals surface area contributed by atoms with Gasteiger partial charge in [0.1, 0.15) is 0 Å². The van der Waals surface area contributed by atoms with E-state index in [-0.39, 0.29) is 11.5 Å². The van der Waals surface area contributed by atoms with Crippen molar-refractivity contribution < 1.29 is 9.59 Å². The molecule has 0 aliphatic rings. The molecule has 5 nitrogen and oxygen atoms in total. The Morgan fingerprint density at radius 1 is 1.26 bits per heavy atom. The summed E-state index contributed by atoms with van der Waals surface area (Å²) in [6, 6.07) is 8.40. The molecule has 0 aliphatic heterocycles. The van der Waals surface area contributed by atoms with Gasteiger partial charge < -0.3 is 11.1 Å². The Labute approximate surface area is 110 Å². The Morgan fingerprint density at radius 2 is 2.05 bits per heavy atom. The van der Waals surface area contributed by atoms with Crippen molar-refractivity contribution in [3.05, 3.63) is 59.4 Å². The van der Waals surface area contributed by atoms with Gasteiger partial charge in [-0.25, -0.2) is 0 Å². The second kappa shape index (κ2) is 5.30. The number of hydrogen-bond acceptors (Lipinski definition) is 3. The molecule has 0 fully saturated rings. The highest BCUT2D eigenvalue weighted by Gasteiger charge is 2.12. The predicted octanol–water partition coefficient (Wildman–Crippen LogP) is 1.74. The van der Waals surface area contributed by atoms with E-state index in [0.717, 1.165) is 5.56 Å². The lowest BCUT2D eigenvalue weighted by atomic mass is 10.1. The maximum absolute atomic E-state index is 12.0. The quantitative estimate of drug-likeness (QED) is 0.876. The Bertz CT molecular complexity index is 624. The minimum Gasteiger partial charge on any atom is -0.366 e. The first-order valence-corrected chi connectivity index (χ1v) is 5.70. The fourth-order valence-electron chi connectivity index (χ4n) is 1.66. The monoisotopic (exact) mass is 255 g/mol. The third-order valence-electron chi connectivity index (χ3n) is 2.61. The van der Waals surface area contributed by atoms with E-state index in [2.05, 4.69) is 10.3 Å². The lowest BCUT2D eigenvalue weighted by molar-refractivity contribution is 0.100. The fourth-order valence-corrected chi connectivity index (χ4v) is 1.66. The molecule has 2 rings (SSSR count). The predicted molar refractivity (Wildman–Crippen MR) is 71.9 cm³/mol. The summed E-state index contributed by atoms with van der Waals surface area (Å²) in [7, 11) is 0. The minimum absolute atomic E-state index is 0.289. The third kappa shape index (κ3) is 2.95. The van der Waals surface area contributed by atoms with Gasteiger partial charge in [-0.3, -0.25) is 14.6 Å². The van der Waals surface area contributed by atoms with Gasteiger partial charge in [0, 0.05) is 12.4 Å². The highest BCUT2D eigenvalue weighted by Crippen LogP contribution is 2.17. The van der Waals surface area contributed by atoms with Crippen molar-refractivity contribution in [2.24, 2.45) is 5.73 Å². The Hall–Kier alpha value is -2.69. The molecular weight excluding hydrogens is 242 g/mol. The Balaban J connectivity index is 2.29. The number of nitrogens with two attached hydrogens (primary N) is 1. The molecule has 0 atom stereocenters. The van der Waals surface area contributed by atoms with Crippen LogP contribution in [0.4, 0.5) is 5.69 Å². The van der Waals surface area contributed by atoms with Crippen LogP contribution in [-0.2, 0) is 0 Å². The summed E-state index contributed by atoms with van der Waals surface area (Å²) in [5.74, 6) is -0.912. The molecule has 0 saturated heterocycles. The normalized spacial score (nSPS) is 9.95. The van der Waals surface area contributed by atoms with Crippen molar-refractivity contribution >= 4 is 17.5 Å². The Kier molecular flexibility index (Phi) is 3.56. The standard InChI is InChI=1S/C14H13N3O2/c1-9-4-5-12(11(7-9)13(15)18)17-14(19)10-3-2-6-16-8-10/h2-8H,1H3,(H2,15,18)(H,17,19). The Morgan fingerprint density at radius 3 is 2.68 bits per heavy atom. The van der Waals surface area contributed by atoms with Crippen LogP contribution in [0.3, 0.4) is 0 Å². The zero-order chi connectivity index (χ0) is 13.8. The van der Waals surface area contributed by atoms with Crippen LogP contribution in [0.1, 0.15) is 26.3 Å². The van der Waals surface area contributed by atoms with Crippen LogP contribution in [0.5, 0.6) is 0 Å². The van der Waals surface area contributed by atoms with Gasteiger partial charge in [-0.2, -0.15) is 0 Å². The molecule has 19 heavy (non-hydrogen) atoms. The average molecular weight is 255 g/mol. The van der Waals surface area contributed by atoms with Crippen molar-refractivity contribution in [3.8, 4) is 0 Å². The molecule has 0 radical (unpaired) electrons. The molecular formula is C14H13N3O2. The first-order chi connectivity index (χ1) is 9.08. The number of nitrogens with zero attached hydrogens (tertiary/aromatic N) is 1. The molecule has 1 heterocycles. The fraction of sp³-hybridized carbons (Fsp3) is 0.0714. The molecule has 3 N–H and O–H groups in total. The number of primary amides is 1. The van der Waals surface area contributed by atoms with E-state index < -0.39 is 5.91 Å². The van der Waals surface area contributed by atoms with Crippen molar-refractivity contribution in [1.29, 1.82) is 0 Å². The molecule has 0 bridgehead atoms. The summed E-state index contributed by atoms with van der Waals surface area (Å²) in [6.45, 7) is 1.85. The lowest BCUT2D eigenvalue weighted by Crippen LogP contribution is -2.18. The van der Waals surface area contributed by atoms with Crippen LogP contribution >= 0.6 is 0 Å². The SMILES string of the molecule is Cc1ccc(NC(=O)c2cccnc2)c(C(N)=O)c1. The second-order valence-electron chi connectivity index (χ2n) is 4.11. The number of aromatic nitrogens is 1. The molecule has 0 unspecified atom stereocenters. The van der Waals surface area contributed by atoms with E-state index in [0.29, 0.717) is 11.3 Å². The summed E-state index contributed by atoms with van der Waals surface area (Å²) < 4.78 is 0. The third-order valence-corrected chi connectivity index (χ3v) is 2.61. The zero-order valence-corrected chi connectivity index (χ0v) is 10.4. The van der Waals surface area contributed by atoms with Gasteiger partial charge in [0.05, 0.1) is 16.8 Å². The summed E-state index contributed by atoms with van der Waals surface area (Å²) in [4.78, 5) is 27.2. The van der Waals surface area contributed by atoms with Gasteiger partial charge in [-0.05, 0) is 31.2 Å². The van der Waals surface area contributed by atoms with Gasteiger partial charge in [0.2, 0.25) is 0 Å². The number of benzene rings is 1. The van der Waals surface area contributed by atoms with E-state index in [4.69, 9.17) is 5.73 Å². The number of aryl methyl sites for hydroxylation is 1. The molecule has 2 amide bonds. The number of nitrogens with one attached hydrogen (secondary N) is 1. The first kappa shape index (κ1) is 12.8. The van der Waals surface area contributed by atoms with Crippen molar-refractivity contribution in [2.75, 3.05) is 5.32 Å². The smallest absolute Gasteiger partial charge is 0.257 e. The maximum atomic E-state index is 12.0.